The van der Waals surface area contributed by atoms with E-state index < -0.39 is 6.04 Å². The van der Waals surface area contributed by atoms with E-state index in [1.165, 1.54) is 0 Å². The third kappa shape index (κ3) is 1.87. The molecule has 3 N–H and O–H groups in total. The summed E-state index contributed by atoms with van der Waals surface area (Å²) in [6, 6.07) is 6.81. The highest BCUT2D eigenvalue weighted by Gasteiger charge is 2.16. The van der Waals surface area contributed by atoms with Crippen LogP contribution in [0.3, 0.4) is 0 Å². The lowest BCUT2D eigenvalue weighted by atomic mass is 9.99. The standard InChI is InChI=1S/C12H13N3O/c1-8(13)11(16)9-4-2-3-5-10(9)12-14-6-7-15-12/h2-8H,13H2,1H3,(H,14,15). The zero-order chi connectivity index (χ0) is 11.5. The number of carbonyl (C=O) groups is 1. The Balaban J connectivity index is 2.51. The quantitative estimate of drug-likeness (QED) is 0.764. The van der Waals surface area contributed by atoms with Crippen LogP contribution in [0, 0.1) is 0 Å². The van der Waals surface area contributed by atoms with Crippen molar-refractivity contribution in [3.63, 3.8) is 0 Å². The molecule has 4 nitrogen and oxygen atoms in total. The van der Waals surface area contributed by atoms with Gasteiger partial charge in [0.05, 0.1) is 6.04 Å². The zero-order valence-electron chi connectivity index (χ0n) is 8.97. The minimum Gasteiger partial charge on any atom is -0.345 e. The van der Waals surface area contributed by atoms with Crippen LogP contribution in [0.15, 0.2) is 36.7 Å². The van der Waals surface area contributed by atoms with Gasteiger partial charge in [0.1, 0.15) is 5.82 Å². The molecular weight excluding hydrogens is 202 g/mol. The number of carbonyl (C=O) groups excluding carboxylic acids is 1. The van der Waals surface area contributed by atoms with Gasteiger partial charge >= 0.3 is 0 Å². The summed E-state index contributed by atoms with van der Waals surface area (Å²) in [7, 11) is 0. The number of aromatic amines is 1. The summed E-state index contributed by atoms with van der Waals surface area (Å²) < 4.78 is 0. The van der Waals surface area contributed by atoms with Crippen molar-refractivity contribution in [1.29, 1.82) is 0 Å². The molecule has 0 aliphatic carbocycles. The van der Waals surface area contributed by atoms with E-state index in [9.17, 15) is 4.79 Å². The number of rotatable bonds is 3. The van der Waals surface area contributed by atoms with Gasteiger partial charge in [0.2, 0.25) is 0 Å². The molecule has 0 saturated heterocycles. The second-order valence-corrected chi connectivity index (χ2v) is 3.64. The molecular formula is C12H13N3O. The lowest BCUT2D eigenvalue weighted by molar-refractivity contribution is 0.0968. The highest BCUT2D eigenvalue weighted by atomic mass is 16.1. The summed E-state index contributed by atoms with van der Waals surface area (Å²) in [6.45, 7) is 1.68. The molecule has 0 amide bonds. The molecule has 0 radical (unpaired) electrons. The minimum atomic E-state index is -0.504. The number of hydrogen-bond donors (Lipinski definition) is 2. The molecule has 0 fully saturated rings. The number of aromatic nitrogens is 2. The van der Waals surface area contributed by atoms with Crippen LogP contribution in [0.4, 0.5) is 0 Å². The highest BCUT2D eigenvalue weighted by Crippen LogP contribution is 2.20. The number of nitrogens with two attached hydrogens (primary N) is 1. The largest absolute Gasteiger partial charge is 0.345 e. The Labute approximate surface area is 93.5 Å². The van der Waals surface area contributed by atoms with Crippen LogP contribution < -0.4 is 5.73 Å². The number of hydrogen-bond acceptors (Lipinski definition) is 3. The number of benzene rings is 1. The normalized spacial score (nSPS) is 12.4. The maximum atomic E-state index is 11.9. The third-order valence-corrected chi connectivity index (χ3v) is 2.36. The maximum absolute atomic E-state index is 11.9. The molecule has 1 aromatic heterocycles. The lowest BCUT2D eigenvalue weighted by Gasteiger charge is -2.08. The molecule has 82 valence electrons. The molecule has 2 aromatic rings. The first kappa shape index (κ1) is 10.6. The highest BCUT2D eigenvalue weighted by molar-refractivity contribution is 6.04. The van der Waals surface area contributed by atoms with Gasteiger partial charge in [-0.25, -0.2) is 4.98 Å². The molecule has 0 bridgehead atoms. The molecule has 1 aromatic carbocycles. The number of nitrogens with zero attached hydrogens (tertiary/aromatic N) is 1. The van der Waals surface area contributed by atoms with Crippen molar-refractivity contribution >= 4 is 5.78 Å². The van der Waals surface area contributed by atoms with Crippen LogP contribution in [0.25, 0.3) is 11.4 Å². The van der Waals surface area contributed by atoms with Gasteiger partial charge in [-0.15, -0.1) is 0 Å². The van der Waals surface area contributed by atoms with Crippen molar-refractivity contribution in [2.75, 3.05) is 0 Å². The number of nitrogens with one attached hydrogen (secondary N) is 1. The predicted molar refractivity (Wildman–Crippen MR) is 62.0 cm³/mol. The van der Waals surface area contributed by atoms with E-state index in [0.29, 0.717) is 11.4 Å². The van der Waals surface area contributed by atoms with Crippen molar-refractivity contribution in [3.05, 3.63) is 42.2 Å². The molecule has 4 heteroatoms. The van der Waals surface area contributed by atoms with Gasteiger partial charge in [-0.1, -0.05) is 24.3 Å². The number of ketones is 1. The summed E-state index contributed by atoms with van der Waals surface area (Å²) in [5, 5.41) is 0. The Bertz CT molecular complexity index is 489. The van der Waals surface area contributed by atoms with Gasteiger partial charge in [-0.3, -0.25) is 4.79 Å². The summed E-state index contributed by atoms with van der Waals surface area (Å²) in [5.74, 6) is 0.608. The molecule has 1 heterocycles. The molecule has 2 rings (SSSR count). The average molecular weight is 215 g/mol. The molecule has 0 saturated carbocycles. The third-order valence-electron chi connectivity index (χ3n) is 2.36. The SMILES string of the molecule is CC(N)C(=O)c1ccccc1-c1ncc[nH]1. The molecule has 0 aliphatic heterocycles. The average Bonchev–Trinajstić information content (AvgIpc) is 2.81. The zero-order valence-corrected chi connectivity index (χ0v) is 8.97. The van der Waals surface area contributed by atoms with Gasteiger partial charge in [0.15, 0.2) is 5.78 Å². The van der Waals surface area contributed by atoms with Gasteiger partial charge in [-0.2, -0.15) is 0 Å². The Morgan fingerprint density at radius 1 is 1.44 bits per heavy atom. The Morgan fingerprint density at radius 2 is 2.19 bits per heavy atom. The van der Waals surface area contributed by atoms with Crippen LogP contribution in [0.1, 0.15) is 17.3 Å². The van der Waals surface area contributed by atoms with E-state index in [0.717, 1.165) is 5.56 Å². The molecule has 0 spiro atoms. The first-order chi connectivity index (χ1) is 7.70. The fourth-order valence-electron chi connectivity index (χ4n) is 1.56. The Morgan fingerprint density at radius 3 is 2.81 bits per heavy atom. The van der Waals surface area contributed by atoms with Crippen LogP contribution in [0.2, 0.25) is 0 Å². The minimum absolute atomic E-state index is 0.0769. The van der Waals surface area contributed by atoms with Crippen LogP contribution in [0.5, 0.6) is 0 Å². The number of Topliss-reactive ketones (excluding diaryl/α,β-unsaturated/α-hetero) is 1. The fourth-order valence-corrected chi connectivity index (χ4v) is 1.56. The fraction of sp³-hybridized carbons (Fsp3) is 0.167. The van der Waals surface area contributed by atoms with Crippen molar-refractivity contribution in [2.45, 2.75) is 13.0 Å². The predicted octanol–water partition coefficient (Wildman–Crippen LogP) is 1.61. The molecule has 0 aliphatic rings. The van der Waals surface area contributed by atoms with Gasteiger partial charge in [0, 0.05) is 23.5 Å². The molecule has 1 atom stereocenters. The second kappa shape index (κ2) is 4.28. The number of imidazole rings is 1. The first-order valence-corrected chi connectivity index (χ1v) is 5.08. The lowest BCUT2D eigenvalue weighted by Crippen LogP contribution is -2.27. The summed E-state index contributed by atoms with van der Waals surface area (Å²) >= 11 is 0. The molecule has 1 unspecified atom stereocenters. The van der Waals surface area contributed by atoms with Crippen LogP contribution in [-0.2, 0) is 0 Å². The van der Waals surface area contributed by atoms with E-state index in [2.05, 4.69) is 9.97 Å². The summed E-state index contributed by atoms with van der Waals surface area (Å²) in [4.78, 5) is 19.0. The van der Waals surface area contributed by atoms with E-state index in [4.69, 9.17) is 5.73 Å². The second-order valence-electron chi connectivity index (χ2n) is 3.64. The van der Waals surface area contributed by atoms with Crippen LogP contribution in [-0.4, -0.2) is 21.8 Å². The topological polar surface area (TPSA) is 71.8 Å². The van der Waals surface area contributed by atoms with Crippen molar-refractivity contribution in [2.24, 2.45) is 5.73 Å². The first-order valence-electron chi connectivity index (χ1n) is 5.08. The van der Waals surface area contributed by atoms with E-state index in [-0.39, 0.29) is 5.78 Å². The van der Waals surface area contributed by atoms with Gasteiger partial charge in [-0.05, 0) is 6.92 Å². The number of H-pyrrole nitrogens is 1. The van der Waals surface area contributed by atoms with E-state index in [1.807, 2.05) is 18.2 Å². The van der Waals surface area contributed by atoms with E-state index in [1.54, 1.807) is 25.4 Å². The summed E-state index contributed by atoms with van der Waals surface area (Å²) in [5.41, 5.74) is 7.00. The van der Waals surface area contributed by atoms with Crippen molar-refractivity contribution in [3.8, 4) is 11.4 Å². The Hall–Kier alpha value is -1.94. The van der Waals surface area contributed by atoms with Crippen molar-refractivity contribution in [1.82, 2.24) is 9.97 Å². The van der Waals surface area contributed by atoms with Crippen LogP contribution >= 0.6 is 0 Å². The maximum Gasteiger partial charge on any atom is 0.179 e. The van der Waals surface area contributed by atoms with E-state index >= 15 is 0 Å². The Kier molecular flexibility index (Phi) is 2.83. The summed E-state index contributed by atoms with van der Waals surface area (Å²) in [6.07, 6.45) is 3.38. The molecule has 16 heavy (non-hydrogen) atoms. The van der Waals surface area contributed by atoms with Gasteiger partial charge in [0.25, 0.3) is 0 Å². The monoisotopic (exact) mass is 215 g/mol. The van der Waals surface area contributed by atoms with Gasteiger partial charge < -0.3 is 10.7 Å². The smallest absolute Gasteiger partial charge is 0.179 e. The van der Waals surface area contributed by atoms with Crippen molar-refractivity contribution < 1.29 is 4.79 Å².